The number of urea groups is 1. The Morgan fingerprint density at radius 2 is 1.57 bits per heavy atom. The highest BCUT2D eigenvalue weighted by Crippen LogP contribution is 2.53. The summed E-state index contributed by atoms with van der Waals surface area (Å²) in [6.45, 7) is 6.90. The molecule has 9 amide bonds. The Kier molecular flexibility index (Phi) is 22.2. The molecule has 514 valence electrons. The van der Waals surface area contributed by atoms with Gasteiger partial charge in [-0.3, -0.25) is 53.0 Å². The van der Waals surface area contributed by atoms with E-state index in [4.69, 9.17) is 34.2 Å². The molecule has 28 nitrogen and oxygen atoms in total. The number of thioether (sulfide) groups is 1. The zero-order chi connectivity index (χ0) is 68.2. The van der Waals surface area contributed by atoms with E-state index >= 15 is 0 Å². The second kappa shape index (κ2) is 30.1. The number of aliphatic hydroxyl groups is 1. The number of phenols is 2. The van der Waals surface area contributed by atoms with Crippen molar-refractivity contribution in [3.8, 4) is 17.2 Å². The van der Waals surface area contributed by atoms with E-state index in [1.807, 2.05) is 6.92 Å². The number of primary amides is 1. The maximum Gasteiger partial charge on any atom is 0.312 e. The Hall–Kier alpha value is -7.77. The predicted octanol–water partition coefficient (Wildman–Crippen LogP) is 2.52. The van der Waals surface area contributed by atoms with Crippen LogP contribution >= 0.6 is 11.8 Å². The average Bonchev–Trinajstić information content (AvgIpc) is 1.02. The number of nitrogens with one attached hydrogen (secondary N) is 4. The number of hydrogen-bond acceptors (Lipinski definition) is 21. The van der Waals surface area contributed by atoms with Crippen LogP contribution in [0.2, 0.25) is 0 Å². The van der Waals surface area contributed by atoms with Gasteiger partial charge in [-0.1, -0.05) is 44.5 Å². The molecule has 0 spiro atoms. The van der Waals surface area contributed by atoms with Gasteiger partial charge in [0.1, 0.15) is 41.0 Å². The first kappa shape index (κ1) is 70.0. The molecule has 5 heterocycles. The number of hydrogen-bond donors (Lipinski definition) is 8. The number of ether oxygens (including phenoxy) is 6. The SMILES string of the molecule is COc1cccc2c1C(=O)c1c(O)c3c(c(O)c1C2=O)C[C@@](O)(C(=O)N1CCN(C(=O)CCc2ccc(NC(=O)[C@H](CCCNC(N)=O)NC(=O)[C@@H](NC(=O)CCCCCN4C(=O)CC(SC)C4=O)C(C)C)cc2)CC1)C[C@@H]3O[C@H]1C[C@H]2[C@H](O[C@@H]3[C@@H](OC)OCCN32)[C@H](C)O1. The van der Waals surface area contributed by atoms with Crippen molar-refractivity contribution in [3.63, 3.8) is 0 Å². The Balaban J connectivity index is 0.751. The fourth-order valence-corrected chi connectivity index (χ4v) is 14.6. The summed E-state index contributed by atoms with van der Waals surface area (Å²) < 4.78 is 36.4. The van der Waals surface area contributed by atoms with Crippen LogP contribution in [-0.4, -0.2) is 227 Å². The molecule has 5 aliphatic heterocycles. The Morgan fingerprint density at radius 3 is 2.25 bits per heavy atom. The largest absolute Gasteiger partial charge is 0.507 e. The number of morpholine rings is 1. The smallest absolute Gasteiger partial charge is 0.312 e. The molecule has 0 aromatic heterocycles. The molecule has 3 aromatic carbocycles. The van der Waals surface area contributed by atoms with Gasteiger partial charge in [0.25, 0.3) is 5.91 Å². The third-order valence-corrected chi connectivity index (χ3v) is 19.9. The Labute approximate surface area is 553 Å². The number of nitrogens with zero attached hydrogens (tertiary/aromatic N) is 4. The first-order chi connectivity index (χ1) is 45.4. The van der Waals surface area contributed by atoms with Gasteiger partial charge in [0.05, 0.1) is 47.9 Å². The normalized spacial score (nSPS) is 25.4. The molecule has 29 heteroatoms. The number of ketones is 2. The summed E-state index contributed by atoms with van der Waals surface area (Å²) >= 11 is 1.35. The third-order valence-electron chi connectivity index (χ3n) is 19.0. The monoisotopic (exact) mass is 1340 g/mol. The summed E-state index contributed by atoms with van der Waals surface area (Å²) in [5.74, 6) is -6.08. The van der Waals surface area contributed by atoms with E-state index in [2.05, 4.69) is 26.2 Å². The first-order valence-corrected chi connectivity index (χ1v) is 33.7. The lowest BCUT2D eigenvalue weighted by atomic mass is 9.72. The fourth-order valence-electron chi connectivity index (χ4n) is 14.0. The lowest BCUT2D eigenvalue weighted by Crippen LogP contribution is -2.59. The van der Waals surface area contributed by atoms with Crippen molar-refractivity contribution in [1.29, 1.82) is 0 Å². The molecule has 7 aliphatic rings. The quantitative estimate of drug-likeness (QED) is 0.0268. The summed E-state index contributed by atoms with van der Waals surface area (Å²) in [6.07, 6.45) is -0.978. The minimum Gasteiger partial charge on any atom is -0.507 e. The van der Waals surface area contributed by atoms with Gasteiger partial charge in [0.2, 0.25) is 41.2 Å². The van der Waals surface area contributed by atoms with Crippen molar-refractivity contribution in [2.75, 3.05) is 78.2 Å². The van der Waals surface area contributed by atoms with E-state index in [0.717, 1.165) is 5.56 Å². The molecule has 3 aromatic rings. The zero-order valence-electron chi connectivity index (χ0n) is 54.2. The number of benzene rings is 3. The standard InChI is InChI=1S/C66H85N9O19S/c1-34(2)53(71-45(76)15-8-7-9-23-75-47(78)31-44(95-6)61(75)85)60(84)70-40(13-11-22-68-65(67)87)59(83)69-37-19-16-36(17-20-37)18-21-46(77)72-24-26-73(27-25-72)64(86)66(88)32-39-50(57(82)52-51(55(39)80)54(79)38-12-10-14-42(89-4)49(38)56(52)81)43(33-66)93-48-30-41-58(35(3)92-48)94-62-63(90-5)91-29-28-74(41)62/h10,12,14,16-17,19-20,34-35,40-41,43-44,48,53,58,62-63,80,82,88H,7-9,11,13,15,18,21-33H2,1-6H3,(H,69,83)(H,70,84)(H,71,76)(H3,67,68,87)/t35-,40-,41-,43-,44?,48-,53-,58+,62+,63-,66-/m0/s1. The van der Waals surface area contributed by atoms with E-state index in [9.17, 15) is 63.3 Å². The van der Waals surface area contributed by atoms with Gasteiger partial charge in [0.15, 0.2) is 24.6 Å². The molecule has 0 saturated carbocycles. The lowest BCUT2D eigenvalue weighted by Gasteiger charge is -2.45. The van der Waals surface area contributed by atoms with Gasteiger partial charge in [-0.2, -0.15) is 11.8 Å². The summed E-state index contributed by atoms with van der Waals surface area (Å²) in [7, 11) is 2.86. The van der Waals surface area contributed by atoms with E-state index in [1.165, 1.54) is 54.0 Å². The van der Waals surface area contributed by atoms with Crippen molar-refractivity contribution in [2.45, 2.75) is 164 Å². The molecule has 5 fully saturated rings. The van der Waals surface area contributed by atoms with Gasteiger partial charge >= 0.3 is 6.03 Å². The lowest BCUT2D eigenvalue weighted by molar-refractivity contribution is -0.256. The fraction of sp³-hybridized carbons (Fsp3) is 0.576. The van der Waals surface area contributed by atoms with Gasteiger partial charge in [-0.15, -0.1) is 0 Å². The van der Waals surface area contributed by atoms with E-state index < -0.39 is 126 Å². The van der Waals surface area contributed by atoms with Gasteiger partial charge < -0.3 is 80.5 Å². The van der Waals surface area contributed by atoms with Crippen molar-refractivity contribution in [3.05, 3.63) is 81.4 Å². The molecule has 1 unspecified atom stereocenters. The molecule has 95 heavy (non-hydrogen) atoms. The number of phenolic OH excluding ortho intramolecular Hbond substituents is 2. The average molecular weight is 1340 g/mol. The highest BCUT2D eigenvalue weighted by Gasteiger charge is 2.56. The number of rotatable bonds is 25. The minimum atomic E-state index is -2.31. The van der Waals surface area contributed by atoms with Crippen LogP contribution in [0.4, 0.5) is 10.5 Å². The van der Waals surface area contributed by atoms with Crippen LogP contribution in [0.15, 0.2) is 42.5 Å². The molecular weight excluding hydrogens is 1250 g/mol. The number of imide groups is 1. The predicted molar refractivity (Wildman–Crippen MR) is 341 cm³/mol. The van der Waals surface area contributed by atoms with Crippen LogP contribution in [0, 0.1) is 5.92 Å². The number of methoxy groups -OCH3 is 2. The number of amides is 9. The maximum atomic E-state index is 14.9. The zero-order valence-corrected chi connectivity index (χ0v) is 55.0. The number of aromatic hydroxyl groups is 2. The topological polar surface area (TPSA) is 374 Å². The number of nitrogens with two attached hydrogens (primary N) is 1. The van der Waals surface area contributed by atoms with Crippen LogP contribution in [0.1, 0.15) is 140 Å². The van der Waals surface area contributed by atoms with Gasteiger partial charge in [0, 0.05) is 120 Å². The number of carbonyl (C=O) groups excluding carboxylic acids is 10. The highest BCUT2D eigenvalue weighted by atomic mass is 32.2. The van der Waals surface area contributed by atoms with Gasteiger partial charge in [-0.05, 0) is 75.0 Å². The molecule has 0 bridgehead atoms. The van der Waals surface area contributed by atoms with Crippen molar-refractivity contribution in [2.24, 2.45) is 11.7 Å². The van der Waals surface area contributed by atoms with Gasteiger partial charge in [-0.25, -0.2) is 4.79 Å². The number of carbonyl (C=O) groups is 10. The van der Waals surface area contributed by atoms with E-state index in [-0.39, 0.29) is 147 Å². The highest BCUT2D eigenvalue weighted by molar-refractivity contribution is 8.00. The van der Waals surface area contributed by atoms with E-state index in [1.54, 1.807) is 49.3 Å². The number of likely N-dealkylation sites (tertiary alicyclic amines) is 1. The molecule has 10 rings (SSSR count). The number of aryl methyl sites for hydroxylation is 1. The number of piperazine rings is 1. The van der Waals surface area contributed by atoms with Crippen molar-refractivity contribution in [1.82, 2.24) is 35.6 Å². The first-order valence-electron chi connectivity index (χ1n) is 32.4. The maximum absolute atomic E-state index is 14.9. The van der Waals surface area contributed by atoms with Crippen LogP contribution in [0.3, 0.4) is 0 Å². The summed E-state index contributed by atoms with van der Waals surface area (Å²) in [6, 6.07) is 8.13. The second-order valence-electron chi connectivity index (χ2n) is 25.5. The molecule has 5 saturated heterocycles. The number of unbranched alkanes of at least 4 members (excludes halogenated alkanes) is 2. The molecule has 0 radical (unpaired) electrons. The Bertz CT molecular complexity index is 3460. The number of anilines is 1. The molecular formula is C66H85N9O19S. The van der Waals surface area contributed by atoms with Crippen LogP contribution in [0.5, 0.6) is 17.2 Å². The molecule has 11 atom stereocenters. The minimum absolute atomic E-state index is 0.0212. The summed E-state index contributed by atoms with van der Waals surface area (Å²) in [5.41, 5.74) is 2.71. The van der Waals surface area contributed by atoms with Crippen molar-refractivity contribution < 1.29 is 91.7 Å². The number of fused-ring (bicyclic) bond motifs is 6. The van der Waals surface area contributed by atoms with Crippen LogP contribution in [0.25, 0.3) is 0 Å². The molecule has 2 aliphatic carbocycles. The Morgan fingerprint density at radius 1 is 0.842 bits per heavy atom. The van der Waals surface area contributed by atoms with E-state index in [0.29, 0.717) is 44.5 Å². The summed E-state index contributed by atoms with van der Waals surface area (Å²) in [4.78, 5) is 141. The second-order valence-corrected chi connectivity index (χ2v) is 26.5. The third kappa shape index (κ3) is 15.0. The van der Waals surface area contributed by atoms with Crippen molar-refractivity contribution >= 4 is 76.4 Å². The molecule has 9 N–H and O–H groups in total. The van der Waals surface area contributed by atoms with Crippen LogP contribution in [-0.2, 0) is 70.1 Å². The van der Waals surface area contributed by atoms with Crippen LogP contribution < -0.4 is 31.7 Å². The summed E-state index contributed by atoms with van der Waals surface area (Å²) in [5, 5.41) is 47.8.